The zero-order chi connectivity index (χ0) is 20.5. The summed E-state index contributed by atoms with van der Waals surface area (Å²) in [5.74, 6) is -0.103. The maximum atomic E-state index is 12.9. The van der Waals surface area contributed by atoms with Crippen molar-refractivity contribution in [3.8, 4) is 10.6 Å². The van der Waals surface area contributed by atoms with Crippen LogP contribution in [0.5, 0.6) is 0 Å². The molecule has 0 aliphatic heterocycles. The van der Waals surface area contributed by atoms with E-state index in [4.69, 9.17) is 10.7 Å². The van der Waals surface area contributed by atoms with Crippen molar-refractivity contribution in [2.45, 2.75) is 32.1 Å². The number of amides is 1. The van der Waals surface area contributed by atoms with Gasteiger partial charge in [0.15, 0.2) is 0 Å². The first-order valence-electron chi connectivity index (χ1n) is 10.3. The van der Waals surface area contributed by atoms with Gasteiger partial charge in [0.25, 0.3) is 5.91 Å². The maximum absolute atomic E-state index is 12.9. The molecule has 0 atom stereocenters. The second-order valence-electron chi connectivity index (χ2n) is 7.62. The van der Waals surface area contributed by atoms with E-state index in [2.05, 4.69) is 35.0 Å². The Bertz CT molecular complexity index is 1200. The lowest BCUT2D eigenvalue weighted by atomic mass is 9.88. The summed E-state index contributed by atoms with van der Waals surface area (Å²) < 4.78 is 0. The molecular weight excluding hydrogens is 410 g/mol. The number of nitrogens with zero attached hydrogens (tertiary/aromatic N) is 1. The van der Waals surface area contributed by atoms with Crippen LogP contribution in [0.15, 0.2) is 47.8 Å². The van der Waals surface area contributed by atoms with Gasteiger partial charge in [-0.3, -0.25) is 4.79 Å². The molecule has 1 aromatic carbocycles. The van der Waals surface area contributed by atoms with E-state index < -0.39 is 0 Å². The van der Waals surface area contributed by atoms with Crippen molar-refractivity contribution in [1.82, 2.24) is 10.3 Å². The molecule has 1 aliphatic rings. The molecular formula is C24H23N3OS2. The van der Waals surface area contributed by atoms with E-state index in [0.717, 1.165) is 41.6 Å². The SMILES string of the molecule is Nc1c(C(=O)NCCc2ccccc2)sc2nc(-c3cccs3)c3c(c12)CCCC3. The normalized spacial score (nSPS) is 13.3. The molecule has 6 heteroatoms. The number of carbonyl (C=O) groups is 1. The lowest BCUT2D eigenvalue weighted by molar-refractivity contribution is 0.0959. The van der Waals surface area contributed by atoms with Gasteiger partial charge in [-0.2, -0.15) is 0 Å². The topological polar surface area (TPSA) is 68.0 Å². The van der Waals surface area contributed by atoms with Crippen molar-refractivity contribution in [3.05, 3.63) is 69.4 Å². The molecule has 5 rings (SSSR count). The Morgan fingerprint density at radius 1 is 1.07 bits per heavy atom. The quantitative estimate of drug-likeness (QED) is 0.439. The standard InChI is InChI=1S/C24H23N3OS2/c25-20-19-16-9-4-5-10-17(16)21(18-11-6-14-29-18)27-24(19)30-22(20)23(28)26-13-12-15-7-2-1-3-8-15/h1-3,6-8,11,14H,4-5,9-10,12-13,25H2,(H,26,28). The summed E-state index contributed by atoms with van der Waals surface area (Å²) in [6.07, 6.45) is 5.16. The van der Waals surface area contributed by atoms with Crippen LogP contribution in [0.4, 0.5) is 5.69 Å². The lowest BCUT2D eigenvalue weighted by Gasteiger charge is -2.19. The van der Waals surface area contributed by atoms with Crippen LogP contribution in [0.25, 0.3) is 20.8 Å². The van der Waals surface area contributed by atoms with Gasteiger partial charge in [0, 0.05) is 11.9 Å². The average molecular weight is 434 g/mol. The zero-order valence-corrected chi connectivity index (χ0v) is 18.2. The Kier molecular flexibility index (Phi) is 5.27. The predicted molar refractivity (Wildman–Crippen MR) is 126 cm³/mol. The van der Waals surface area contributed by atoms with Crippen molar-refractivity contribution >= 4 is 44.5 Å². The highest BCUT2D eigenvalue weighted by Gasteiger charge is 2.25. The number of anilines is 1. The highest BCUT2D eigenvalue weighted by Crippen LogP contribution is 2.42. The fourth-order valence-electron chi connectivity index (χ4n) is 4.24. The minimum atomic E-state index is -0.103. The summed E-state index contributed by atoms with van der Waals surface area (Å²) in [4.78, 5) is 20.5. The third-order valence-electron chi connectivity index (χ3n) is 5.70. The molecule has 0 saturated heterocycles. The van der Waals surface area contributed by atoms with Crippen molar-refractivity contribution in [2.24, 2.45) is 0 Å². The molecule has 1 aliphatic carbocycles. The number of nitrogens with one attached hydrogen (secondary N) is 1. The first kappa shape index (κ1) is 19.3. The minimum Gasteiger partial charge on any atom is -0.397 e. The molecule has 0 unspecified atom stereocenters. The summed E-state index contributed by atoms with van der Waals surface area (Å²) in [6, 6.07) is 14.4. The number of nitrogen functional groups attached to an aromatic ring is 1. The Labute approximate surface area is 183 Å². The van der Waals surface area contributed by atoms with Crippen molar-refractivity contribution in [3.63, 3.8) is 0 Å². The highest BCUT2D eigenvalue weighted by molar-refractivity contribution is 7.21. The third kappa shape index (κ3) is 3.50. The molecule has 3 N–H and O–H groups in total. The number of aryl methyl sites for hydroxylation is 1. The maximum Gasteiger partial charge on any atom is 0.263 e. The van der Waals surface area contributed by atoms with E-state index in [1.807, 2.05) is 18.2 Å². The molecule has 0 bridgehead atoms. The van der Waals surface area contributed by atoms with Crippen LogP contribution >= 0.6 is 22.7 Å². The number of hydrogen-bond donors (Lipinski definition) is 2. The van der Waals surface area contributed by atoms with E-state index in [-0.39, 0.29) is 5.91 Å². The summed E-state index contributed by atoms with van der Waals surface area (Å²) in [5.41, 5.74) is 12.0. The number of rotatable bonds is 5. The van der Waals surface area contributed by atoms with Crippen LogP contribution in [-0.4, -0.2) is 17.4 Å². The molecule has 3 heterocycles. The van der Waals surface area contributed by atoms with Gasteiger partial charge in [-0.25, -0.2) is 4.98 Å². The van der Waals surface area contributed by atoms with Crippen LogP contribution in [0.1, 0.15) is 39.2 Å². The molecule has 4 aromatic rings. The van der Waals surface area contributed by atoms with Gasteiger partial charge in [-0.15, -0.1) is 22.7 Å². The van der Waals surface area contributed by atoms with Gasteiger partial charge in [0.05, 0.1) is 16.3 Å². The smallest absolute Gasteiger partial charge is 0.263 e. The number of pyridine rings is 1. The monoisotopic (exact) mass is 433 g/mol. The number of thiophene rings is 2. The minimum absolute atomic E-state index is 0.103. The summed E-state index contributed by atoms with van der Waals surface area (Å²) in [5, 5.41) is 6.13. The van der Waals surface area contributed by atoms with Gasteiger partial charge in [0.2, 0.25) is 0 Å². The number of nitrogens with two attached hydrogens (primary N) is 1. The summed E-state index contributed by atoms with van der Waals surface area (Å²) >= 11 is 3.13. The van der Waals surface area contributed by atoms with Crippen molar-refractivity contribution in [1.29, 1.82) is 0 Å². The predicted octanol–water partition coefficient (Wildman–Crippen LogP) is 5.46. The summed E-state index contributed by atoms with van der Waals surface area (Å²) in [7, 11) is 0. The molecule has 4 nitrogen and oxygen atoms in total. The van der Waals surface area contributed by atoms with Gasteiger partial charge in [0.1, 0.15) is 9.71 Å². The first-order valence-corrected chi connectivity index (χ1v) is 12.0. The molecule has 0 radical (unpaired) electrons. The van der Waals surface area contributed by atoms with Gasteiger partial charge in [-0.1, -0.05) is 36.4 Å². The van der Waals surface area contributed by atoms with E-state index in [9.17, 15) is 4.79 Å². The first-order chi connectivity index (χ1) is 14.7. The fourth-order valence-corrected chi connectivity index (χ4v) is 6.03. The van der Waals surface area contributed by atoms with Gasteiger partial charge >= 0.3 is 0 Å². The second kappa shape index (κ2) is 8.20. The molecule has 30 heavy (non-hydrogen) atoms. The number of aromatic nitrogens is 1. The fraction of sp³-hybridized carbons (Fsp3) is 0.250. The Morgan fingerprint density at radius 3 is 2.63 bits per heavy atom. The Hall–Kier alpha value is -2.70. The van der Waals surface area contributed by atoms with Gasteiger partial charge in [-0.05, 0) is 60.2 Å². The largest absolute Gasteiger partial charge is 0.397 e. The number of fused-ring (bicyclic) bond motifs is 3. The molecule has 0 spiro atoms. The van der Waals surface area contributed by atoms with Gasteiger partial charge < -0.3 is 11.1 Å². The Morgan fingerprint density at radius 2 is 1.87 bits per heavy atom. The zero-order valence-electron chi connectivity index (χ0n) is 16.6. The van der Waals surface area contributed by atoms with E-state index >= 15 is 0 Å². The molecule has 1 amide bonds. The van der Waals surface area contributed by atoms with E-state index in [1.165, 1.54) is 39.3 Å². The number of hydrogen-bond acceptors (Lipinski definition) is 5. The number of benzene rings is 1. The van der Waals surface area contributed by atoms with Crippen LogP contribution in [0.2, 0.25) is 0 Å². The van der Waals surface area contributed by atoms with Crippen LogP contribution in [-0.2, 0) is 19.3 Å². The van der Waals surface area contributed by atoms with Crippen LogP contribution in [0, 0.1) is 0 Å². The van der Waals surface area contributed by atoms with Crippen molar-refractivity contribution < 1.29 is 4.79 Å². The molecule has 3 aromatic heterocycles. The lowest BCUT2D eigenvalue weighted by Crippen LogP contribution is -2.25. The molecule has 0 fully saturated rings. The average Bonchev–Trinajstić information content (AvgIpc) is 3.42. The Balaban J connectivity index is 1.48. The molecule has 0 saturated carbocycles. The highest BCUT2D eigenvalue weighted by atomic mass is 32.1. The molecule has 152 valence electrons. The second-order valence-corrected chi connectivity index (χ2v) is 9.57. The van der Waals surface area contributed by atoms with Crippen LogP contribution < -0.4 is 11.1 Å². The van der Waals surface area contributed by atoms with E-state index in [1.54, 1.807) is 11.3 Å². The number of carbonyl (C=O) groups excluding carboxylic acids is 1. The van der Waals surface area contributed by atoms with Crippen LogP contribution in [0.3, 0.4) is 0 Å². The van der Waals surface area contributed by atoms with Crippen molar-refractivity contribution in [2.75, 3.05) is 12.3 Å². The van der Waals surface area contributed by atoms with E-state index in [0.29, 0.717) is 17.1 Å². The summed E-state index contributed by atoms with van der Waals surface area (Å²) in [6.45, 7) is 0.586. The third-order valence-corrected chi connectivity index (χ3v) is 7.67.